The highest BCUT2D eigenvalue weighted by molar-refractivity contribution is 5.80. The first kappa shape index (κ1) is 21.6. The molecule has 33 heavy (non-hydrogen) atoms. The van der Waals surface area contributed by atoms with Gasteiger partial charge in [0.1, 0.15) is 5.69 Å². The highest BCUT2D eigenvalue weighted by atomic mass is 16.3. The van der Waals surface area contributed by atoms with Crippen LogP contribution in [0.1, 0.15) is 18.4 Å². The Balaban J connectivity index is 1.12. The summed E-state index contributed by atoms with van der Waals surface area (Å²) in [6.07, 6.45) is 4.64. The van der Waals surface area contributed by atoms with E-state index in [4.69, 9.17) is 4.42 Å². The first-order valence-corrected chi connectivity index (χ1v) is 11.9. The molecule has 2 saturated heterocycles. The lowest BCUT2D eigenvalue weighted by atomic mass is 9.96. The van der Waals surface area contributed by atoms with Crippen LogP contribution < -0.4 is 4.90 Å². The van der Waals surface area contributed by atoms with E-state index in [0.29, 0.717) is 18.2 Å². The molecule has 7 nitrogen and oxygen atoms in total. The lowest BCUT2D eigenvalue weighted by Crippen LogP contribution is -2.52. The molecule has 172 valence electrons. The van der Waals surface area contributed by atoms with Crippen LogP contribution in [0, 0.1) is 5.92 Å². The van der Waals surface area contributed by atoms with E-state index < -0.39 is 0 Å². The molecule has 0 N–H and O–H groups in total. The zero-order valence-corrected chi connectivity index (χ0v) is 19.0. The smallest absolute Gasteiger partial charge is 0.227 e. The fraction of sp³-hybridized carbons (Fsp3) is 0.423. The molecule has 5 rings (SSSR count). The van der Waals surface area contributed by atoms with E-state index in [1.807, 2.05) is 24.3 Å². The van der Waals surface area contributed by atoms with Gasteiger partial charge in [-0.25, -0.2) is 0 Å². The summed E-state index contributed by atoms with van der Waals surface area (Å²) in [5.41, 5.74) is 2.09. The quantitative estimate of drug-likeness (QED) is 0.580. The monoisotopic (exact) mass is 445 g/mol. The van der Waals surface area contributed by atoms with E-state index in [1.165, 1.54) is 5.56 Å². The lowest BCUT2D eigenvalue weighted by molar-refractivity contribution is -0.137. The van der Waals surface area contributed by atoms with Crippen molar-refractivity contribution in [2.45, 2.75) is 19.3 Å². The molecule has 2 aromatic heterocycles. The Bertz CT molecular complexity index is 1010. The van der Waals surface area contributed by atoms with Crippen molar-refractivity contribution < 1.29 is 9.21 Å². The minimum absolute atomic E-state index is 0.0289. The van der Waals surface area contributed by atoms with Crippen LogP contribution in [0.5, 0.6) is 0 Å². The maximum atomic E-state index is 13.3. The second-order valence-electron chi connectivity index (χ2n) is 8.94. The molecule has 2 aliphatic heterocycles. The molecule has 4 heterocycles. The van der Waals surface area contributed by atoms with Crippen molar-refractivity contribution in [1.29, 1.82) is 0 Å². The Labute approximate surface area is 195 Å². The van der Waals surface area contributed by atoms with Crippen molar-refractivity contribution in [3.05, 3.63) is 66.4 Å². The summed E-state index contributed by atoms with van der Waals surface area (Å²) in [7, 11) is 0. The van der Waals surface area contributed by atoms with E-state index in [1.54, 1.807) is 6.26 Å². The van der Waals surface area contributed by atoms with Crippen LogP contribution in [-0.2, 0) is 11.2 Å². The van der Waals surface area contributed by atoms with Crippen molar-refractivity contribution in [3.63, 3.8) is 0 Å². The maximum absolute atomic E-state index is 13.3. The van der Waals surface area contributed by atoms with Crippen molar-refractivity contribution in [2.24, 2.45) is 5.92 Å². The predicted molar refractivity (Wildman–Crippen MR) is 128 cm³/mol. The molecule has 0 spiro atoms. The summed E-state index contributed by atoms with van der Waals surface area (Å²) >= 11 is 0. The van der Waals surface area contributed by atoms with Gasteiger partial charge in [-0.15, -0.1) is 10.2 Å². The Morgan fingerprint density at radius 3 is 2.52 bits per heavy atom. The van der Waals surface area contributed by atoms with Crippen molar-refractivity contribution >= 4 is 11.7 Å². The number of piperidine rings is 1. The summed E-state index contributed by atoms with van der Waals surface area (Å²) in [4.78, 5) is 20.0. The zero-order chi connectivity index (χ0) is 22.5. The van der Waals surface area contributed by atoms with E-state index in [0.717, 1.165) is 70.0 Å². The molecule has 0 radical (unpaired) electrons. The SMILES string of the molecule is O=C(C1CCCN(c2ccc(-c3ccco3)nn2)C1)N1CCN(CCc2ccccc2)CC1. The molecule has 0 bridgehead atoms. The molecule has 7 heteroatoms. The lowest BCUT2D eigenvalue weighted by Gasteiger charge is -2.39. The van der Waals surface area contributed by atoms with E-state index in [-0.39, 0.29) is 5.92 Å². The minimum atomic E-state index is 0.0289. The zero-order valence-electron chi connectivity index (χ0n) is 19.0. The average Bonchev–Trinajstić information content (AvgIpc) is 3.43. The van der Waals surface area contributed by atoms with E-state index in [9.17, 15) is 4.79 Å². The molecular formula is C26H31N5O2. The van der Waals surface area contributed by atoms with Crippen LogP contribution in [0.25, 0.3) is 11.5 Å². The molecule has 0 saturated carbocycles. The van der Waals surface area contributed by atoms with Crippen LogP contribution in [0.15, 0.2) is 65.3 Å². The number of carbonyl (C=O) groups is 1. The number of nitrogens with zero attached hydrogens (tertiary/aromatic N) is 5. The topological polar surface area (TPSA) is 65.7 Å². The number of anilines is 1. The van der Waals surface area contributed by atoms with Gasteiger partial charge in [-0.3, -0.25) is 9.69 Å². The summed E-state index contributed by atoms with van der Waals surface area (Å²) in [5, 5.41) is 8.72. The first-order chi connectivity index (χ1) is 16.3. The van der Waals surface area contributed by atoms with Crippen molar-refractivity contribution in [3.8, 4) is 11.5 Å². The number of amides is 1. The van der Waals surface area contributed by atoms with Gasteiger partial charge in [0, 0.05) is 45.8 Å². The third-order valence-electron chi connectivity index (χ3n) is 6.76. The van der Waals surface area contributed by atoms with E-state index >= 15 is 0 Å². The number of hydrogen-bond donors (Lipinski definition) is 0. The normalized spacial score (nSPS) is 19.6. The van der Waals surface area contributed by atoms with Gasteiger partial charge in [-0.2, -0.15) is 0 Å². The maximum Gasteiger partial charge on any atom is 0.227 e. The van der Waals surface area contributed by atoms with Gasteiger partial charge in [0.2, 0.25) is 5.91 Å². The molecule has 3 aromatic rings. The summed E-state index contributed by atoms with van der Waals surface area (Å²) < 4.78 is 5.40. The third-order valence-corrected chi connectivity index (χ3v) is 6.76. The average molecular weight is 446 g/mol. The van der Waals surface area contributed by atoms with Gasteiger partial charge in [-0.1, -0.05) is 30.3 Å². The fourth-order valence-corrected chi connectivity index (χ4v) is 4.82. The highest BCUT2D eigenvalue weighted by Crippen LogP contribution is 2.25. The number of benzene rings is 1. The highest BCUT2D eigenvalue weighted by Gasteiger charge is 2.31. The summed E-state index contributed by atoms with van der Waals surface area (Å²) in [6.45, 7) is 6.22. The van der Waals surface area contributed by atoms with E-state index in [2.05, 4.69) is 55.2 Å². The van der Waals surface area contributed by atoms with Gasteiger partial charge in [0.15, 0.2) is 11.6 Å². The van der Waals surface area contributed by atoms with Gasteiger partial charge in [0.05, 0.1) is 12.2 Å². The van der Waals surface area contributed by atoms with Gasteiger partial charge >= 0.3 is 0 Å². The minimum Gasteiger partial charge on any atom is -0.463 e. The summed E-state index contributed by atoms with van der Waals surface area (Å²) in [6, 6.07) is 18.2. The molecule has 2 fully saturated rings. The van der Waals surface area contributed by atoms with Gasteiger partial charge < -0.3 is 14.2 Å². The van der Waals surface area contributed by atoms with Gasteiger partial charge in [-0.05, 0) is 49.1 Å². The molecule has 0 aliphatic carbocycles. The van der Waals surface area contributed by atoms with Crippen LogP contribution in [-0.4, -0.2) is 71.7 Å². The van der Waals surface area contributed by atoms with Crippen LogP contribution in [0.4, 0.5) is 5.82 Å². The number of piperazine rings is 1. The second-order valence-corrected chi connectivity index (χ2v) is 8.94. The molecular weight excluding hydrogens is 414 g/mol. The molecule has 1 unspecified atom stereocenters. The van der Waals surface area contributed by atoms with Gasteiger partial charge in [0.25, 0.3) is 0 Å². The number of hydrogen-bond acceptors (Lipinski definition) is 6. The third kappa shape index (κ3) is 5.25. The number of carbonyl (C=O) groups excluding carboxylic acids is 1. The molecule has 2 aliphatic rings. The Kier molecular flexibility index (Phi) is 6.67. The van der Waals surface area contributed by atoms with Crippen LogP contribution in [0.3, 0.4) is 0 Å². The predicted octanol–water partition coefficient (Wildman–Crippen LogP) is 3.34. The number of rotatable bonds is 6. The molecule has 1 atom stereocenters. The first-order valence-electron chi connectivity index (χ1n) is 11.9. The number of aromatic nitrogens is 2. The second kappa shape index (κ2) is 10.2. The van der Waals surface area contributed by atoms with Crippen LogP contribution >= 0.6 is 0 Å². The largest absolute Gasteiger partial charge is 0.463 e. The van der Waals surface area contributed by atoms with Crippen LogP contribution in [0.2, 0.25) is 0 Å². The standard InChI is InChI=1S/C26H31N5O2/c32-26(30-17-15-29(16-18-30)14-12-21-6-2-1-3-7-21)22-8-4-13-31(20-22)25-11-10-23(27-28-25)24-9-5-19-33-24/h1-3,5-7,9-11,19,22H,4,8,12-18,20H2. The Morgan fingerprint density at radius 2 is 1.79 bits per heavy atom. The summed E-state index contributed by atoms with van der Waals surface area (Å²) in [5.74, 6) is 1.86. The van der Waals surface area contributed by atoms with Crippen molar-refractivity contribution in [1.82, 2.24) is 20.0 Å². The van der Waals surface area contributed by atoms with Crippen molar-refractivity contribution in [2.75, 3.05) is 50.7 Å². The molecule has 1 aromatic carbocycles. The number of furan rings is 1. The Hall–Kier alpha value is -3.19. The fourth-order valence-electron chi connectivity index (χ4n) is 4.82. The molecule has 1 amide bonds. The Morgan fingerprint density at radius 1 is 0.939 bits per heavy atom.